The molecule has 1 aliphatic rings. The predicted octanol–water partition coefficient (Wildman–Crippen LogP) is 1.87. The van der Waals surface area contributed by atoms with Crippen LogP contribution in [-0.4, -0.2) is 69.1 Å². The fraction of sp³-hybridized carbons (Fsp3) is 0.533. The van der Waals surface area contributed by atoms with Crippen LogP contribution in [-0.2, 0) is 24.5 Å². The minimum absolute atomic E-state index is 0.109. The van der Waals surface area contributed by atoms with Crippen LogP contribution in [0, 0.1) is 10.1 Å². The Morgan fingerprint density at radius 2 is 1.74 bits per heavy atom. The SMILES string of the molecule is O=C(CNc1ccc(S(=O)(=O)C(F)(F)C(F)(F)C(F)(F)F)cc1[N+](=O)[O-])NC1CCS(=O)(=O)C1. The molecule has 1 saturated heterocycles. The van der Waals surface area contributed by atoms with Crippen molar-refractivity contribution in [3.8, 4) is 0 Å². The molecule has 192 valence electrons. The van der Waals surface area contributed by atoms with E-state index >= 15 is 0 Å². The lowest BCUT2D eigenvalue weighted by molar-refractivity contribution is -0.384. The van der Waals surface area contributed by atoms with Gasteiger partial charge < -0.3 is 10.6 Å². The molecule has 1 aromatic carbocycles. The summed E-state index contributed by atoms with van der Waals surface area (Å²) in [6.07, 6.45) is -6.85. The summed E-state index contributed by atoms with van der Waals surface area (Å²) in [4.78, 5) is 19.8. The highest BCUT2D eigenvalue weighted by Crippen LogP contribution is 2.51. The van der Waals surface area contributed by atoms with E-state index in [-0.39, 0.29) is 30.1 Å². The van der Waals surface area contributed by atoms with Gasteiger partial charge in [0.1, 0.15) is 5.69 Å². The summed E-state index contributed by atoms with van der Waals surface area (Å²) in [6, 6.07) is -0.370. The van der Waals surface area contributed by atoms with Crippen molar-refractivity contribution in [2.24, 2.45) is 0 Å². The Morgan fingerprint density at radius 3 is 2.21 bits per heavy atom. The van der Waals surface area contributed by atoms with Crippen molar-refractivity contribution in [2.75, 3.05) is 23.4 Å². The number of anilines is 1. The van der Waals surface area contributed by atoms with E-state index in [9.17, 15) is 62.5 Å². The number of nitro benzene ring substituents is 1. The molecule has 1 atom stereocenters. The van der Waals surface area contributed by atoms with E-state index in [4.69, 9.17) is 0 Å². The quantitative estimate of drug-likeness (QED) is 0.285. The zero-order valence-electron chi connectivity index (χ0n) is 16.4. The van der Waals surface area contributed by atoms with Gasteiger partial charge in [-0.25, -0.2) is 16.8 Å². The molecular weight excluding hydrogens is 531 g/mol. The maximum absolute atomic E-state index is 13.8. The number of sulfone groups is 2. The highest BCUT2D eigenvalue weighted by molar-refractivity contribution is 7.92. The number of hydrogen-bond donors (Lipinski definition) is 2. The molecule has 2 rings (SSSR count). The van der Waals surface area contributed by atoms with E-state index in [1.807, 2.05) is 0 Å². The molecule has 0 saturated carbocycles. The summed E-state index contributed by atoms with van der Waals surface area (Å²) >= 11 is 0. The lowest BCUT2D eigenvalue weighted by Crippen LogP contribution is -2.55. The van der Waals surface area contributed by atoms with Gasteiger partial charge in [0.25, 0.3) is 15.5 Å². The third-order valence-electron chi connectivity index (χ3n) is 4.57. The van der Waals surface area contributed by atoms with Gasteiger partial charge in [0.2, 0.25) is 5.91 Å². The number of nitro groups is 1. The van der Waals surface area contributed by atoms with E-state index < -0.39 is 76.7 Å². The van der Waals surface area contributed by atoms with E-state index in [1.54, 1.807) is 0 Å². The molecule has 0 radical (unpaired) electrons. The Labute approximate surface area is 186 Å². The van der Waals surface area contributed by atoms with Crippen LogP contribution in [0.1, 0.15) is 6.42 Å². The van der Waals surface area contributed by atoms with Crippen LogP contribution in [0.15, 0.2) is 23.1 Å². The summed E-state index contributed by atoms with van der Waals surface area (Å²) in [7, 11) is -10.1. The molecule has 2 N–H and O–H groups in total. The minimum atomic E-state index is -7.02. The van der Waals surface area contributed by atoms with Gasteiger partial charge in [-0.3, -0.25) is 14.9 Å². The van der Waals surface area contributed by atoms with Gasteiger partial charge in [0.05, 0.1) is 27.9 Å². The first-order valence-electron chi connectivity index (χ1n) is 8.82. The van der Waals surface area contributed by atoms with Crippen molar-refractivity contribution in [3.05, 3.63) is 28.3 Å². The van der Waals surface area contributed by atoms with Gasteiger partial charge in [0.15, 0.2) is 9.84 Å². The number of alkyl halides is 7. The van der Waals surface area contributed by atoms with Gasteiger partial charge in [-0.2, -0.15) is 30.7 Å². The number of halogens is 7. The second-order valence-electron chi connectivity index (χ2n) is 7.05. The maximum atomic E-state index is 13.8. The molecule has 1 aromatic rings. The Hall–Kier alpha value is -2.70. The summed E-state index contributed by atoms with van der Waals surface area (Å²) < 4.78 is 137. The average molecular weight is 545 g/mol. The van der Waals surface area contributed by atoms with Crippen molar-refractivity contribution in [2.45, 2.75) is 34.7 Å². The van der Waals surface area contributed by atoms with Crippen LogP contribution in [0.4, 0.5) is 42.1 Å². The lowest BCUT2D eigenvalue weighted by Gasteiger charge is -2.27. The zero-order chi connectivity index (χ0) is 26.3. The lowest BCUT2D eigenvalue weighted by atomic mass is 10.2. The largest absolute Gasteiger partial charge is 0.461 e. The Morgan fingerprint density at radius 1 is 1.15 bits per heavy atom. The monoisotopic (exact) mass is 545 g/mol. The number of rotatable bonds is 8. The molecular formula is C15H14F7N3O7S2. The van der Waals surface area contributed by atoms with Gasteiger partial charge >= 0.3 is 17.4 Å². The van der Waals surface area contributed by atoms with E-state index in [0.29, 0.717) is 6.07 Å². The van der Waals surface area contributed by atoms with Crippen LogP contribution in [0.5, 0.6) is 0 Å². The maximum Gasteiger partial charge on any atom is 0.461 e. The molecule has 0 aliphatic carbocycles. The smallest absolute Gasteiger partial charge is 0.371 e. The molecule has 0 bridgehead atoms. The van der Waals surface area contributed by atoms with Gasteiger partial charge in [-0.1, -0.05) is 0 Å². The highest BCUT2D eigenvalue weighted by Gasteiger charge is 2.78. The van der Waals surface area contributed by atoms with Gasteiger partial charge in [-0.15, -0.1) is 0 Å². The Balaban J connectivity index is 2.28. The topological polar surface area (TPSA) is 153 Å². The van der Waals surface area contributed by atoms with Crippen molar-refractivity contribution in [3.63, 3.8) is 0 Å². The number of nitrogens with one attached hydrogen (secondary N) is 2. The summed E-state index contributed by atoms with van der Waals surface area (Å²) in [6.45, 7) is -0.744. The molecule has 34 heavy (non-hydrogen) atoms. The molecule has 19 heteroatoms. The summed E-state index contributed by atoms with van der Waals surface area (Å²) in [5.74, 6) is -8.40. The summed E-state index contributed by atoms with van der Waals surface area (Å²) in [5.41, 5.74) is -1.99. The molecule has 10 nitrogen and oxygen atoms in total. The van der Waals surface area contributed by atoms with Crippen LogP contribution in [0.2, 0.25) is 0 Å². The van der Waals surface area contributed by atoms with Crippen molar-refractivity contribution in [1.29, 1.82) is 0 Å². The molecule has 1 heterocycles. The first-order valence-corrected chi connectivity index (χ1v) is 12.1. The molecule has 1 fully saturated rings. The van der Waals surface area contributed by atoms with Crippen molar-refractivity contribution in [1.82, 2.24) is 5.32 Å². The van der Waals surface area contributed by atoms with E-state index in [1.165, 1.54) is 0 Å². The number of carbonyl (C=O) groups is 1. The Kier molecular flexibility index (Phi) is 7.15. The normalized spacial score (nSPS) is 19.0. The number of benzene rings is 1. The van der Waals surface area contributed by atoms with Crippen LogP contribution < -0.4 is 10.6 Å². The molecule has 0 spiro atoms. The molecule has 1 unspecified atom stereocenters. The van der Waals surface area contributed by atoms with Gasteiger partial charge in [-0.05, 0) is 18.6 Å². The fourth-order valence-electron chi connectivity index (χ4n) is 2.82. The van der Waals surface area contributed by atoms with Crippen LogP contribution >= 0.6 is 0 Å². The number of amides is 1. The second-order valence-corrected chi connectivity index (χ2v) is 11.3. The third kappa shape index (κ3) is 5.18. The molecule has 0 aromatic heterocycles. The number of nitrogens with zero attached hydrogens (tertiary/aromatic N) is 1. The third-order valence-corrected chi connectivity index (χ3v) is 8.15. The average Bonchev–Trinajstić information content (AvgIpc) is 3.02. The summed E-state index contributed by atoms with van der Waals surface area (Å²) in [5, 5.41) is 8.94. The zero-order valence-corrected chi connectivity index (χ0v) is 18.0. The highest BCUT2D eigenvalue weighted by atomic mass is 32.2. The molecule has 1 aliphatic heterocycles. The van der Waals surface area contributed by atoms with Crippen molar-refractivity contribution < 1.29 is 57.3 Å². The number of hydrogen-bond acceptors (Lipinski definition) is 8. The fourth-order valence-corrected chi connectivity index (χ4v) is 5.76. The molecule has 1 amide bonds. The first-order chi connectivity index (χ1) is 15.2. The van der Waals surface area contributed by atoms with Crippen LogP contribution in [0.3, 0.4) is 0 Å². The van der Waals surface area contributed by atoms with E-state index in [2.05, 4.69) is 10.6 Å². The predicted molar refractivity (Wildman–Crippen MR) is 99.9 cm³/mol. The van der Waals surface area contributed by atoms with E-state index in [0.717, 1.165) is 0 Å². The standard InChI is InChI=1S/C15H14F7N3O7S2/c16-13(17,14(18,19)20)15(21,22)34(31,32)9-1-2-10(11(5-9)25(27)28)23-6-12(26)24-8-3-4-33(29,30)7-8/h1-2,5,8,23H,3-4,6-7H2,(H,24,26). The Bertz CT molecular complexity index is 1200. The number of carbonyl (C=O) groups excluding carboxylic acids is 1. The van der Waals surface area contributed by atoms with Gasteiger partial charge in [0, 0.05) is 12.1 Å². The second kappa shape index (κ2) is 8.82. The van der Waals surface area contributed by atoms with Crippen molar-refractivity contribution >= 4 is 37.0 Å². The van der Waals surface area contributed by atoms with Crippen LogP contribution in [0.25, 0.3) is 0 Å². The minimum Gasteiger partial charge on any atom is -0.371 e. The first kappa shape index (κ1) is 27.5.